The number of aliphatic carboxylic acids is 1. The van der Waals surface area contributed by atoms with Gasteiger partial charge in [0.05, 0.1) is 6.04 Å². The van der Waals surface area contributed by atoms with Crippen molar-refractivity contribution in [1.82, 2.24) is 20.9 Å². The Labute approximate surface area is 238 Å². The lowest BCUT2D eigenvalue weighted by Gasteiger charge is -2.26. The Bertz CT molecular complexity index is 1370. The Kier molecular flexibility index (Phi) is 10.5. The van der Waals surface area contributed by atoms with Crippen LogP contribution in [-0.4, -0.2) is 63.1 Å². The molecule has 3 rings (SSSR count). The second-order valence-corrected chi connectivity index (χ2v) is 10.9. The number of carboxylic acid groups (broad SMARTS) is 1. The predicted molar refractivity (Wildman–Crippen MR) is 155 cm³/mol. The topological polar surface area (TPSA) is 187 Å². The van der Waals surface area contributed by atoms with Crippen LogP contribution >= 0.6 is 0 Å². The van der Waals surface area contributed by atoms with Gasteiger partial charge in [0.15, 0.2) is 0 Å². The third-order valence-electron chi connectivity index (χ3n) is 6.99. The van der Waals surface area contributed by atoms with Gasteiger partial charge in [0.2, 0.25) is 17.7 Å². The third-order valence-corrected chi connectivity index (χ3v) is 6.99. The number of H-pyrrole nitrogens is 1. The summed E-state index contributed by atoms with van der Waals surface area (Å²) in [7, 11) is 0. The summed E-state index contributed by atoms with van der Waals surface area (Å²) >= 11 is 0. The van der Waals surface area contributed by atoms with Crippen LogP contribution in [0.3, 0.4) is 0 Å². The highest BCUT2D eigenvalue weighted by Gasteiger charge is 2.32. The molecule has 1 aromatic heterocycles. The lowest BCUT2D eigenvalue weighted by atomic mass is 9.99. The molecule has 0 bridgehead atoms. The van der Waals surface area contributed by atoms with E-state index in [1.54, 1.807) is 46.0 Å². The Morgan fingerprint density at radius 3 is 2.00 bits per heavy atom. The lowest BCUT2D eigenvalue weighted by molar-refractivity contribution is -0.143. The van der Waals surface area contributed by atoms with Crippen LogP contribution in [-0.2, 0) is 32.0 Å². The molecule has 11 nitrogen and oxygen atoms in total. The van der Waals surface area contributed by atoms with Crippen molar-refractivity contribution < 1.29 is 29.4 Å². The highest BCUT2D eigenvalue weighted by Crippen LogP contribution is 2.20. The highest BCUT2D eigenvalue weighted by atomic mass is 16.4. The van der Waals surface area contributed by atoms with Crippen LogP contribution in [0.25, 0.3) is 10.9 Å². The highest BCUT2D eigenvalue weighted by molar-refractivity contribution is 5.95. The Morgan fingerprint density at radius 2 is 1.39 bits per heavy atom. The van der Waals surface area contributed by atoms with Gasteiger partial charge in [0.25, 0.3) is 0 Å². The van der Waals surface area contributed by atoms with Crippen molar-refractivity contribution in [3.8, 4) is 5.75 Å². The third kappa shape index (κ3) is 8.31. The molecule has 0 aliphatic heterocycles. The molecule has 11 heteroatoms. The molecule has 3 aromatic rings. The van der Waals surface area contributed by atoms with Gasteiger partial charge in [-0.25, -0.2) is 4.79 Å². The number of aromatic nitrogens is 1. The maximum atomic E-state index is 13.7. The minimum Gasteiger partial charge on any atom is -0.508 e. The number of aromatic hydroxyl groups is 1. The molecule has 4 atom stereocenters. The number of para-hydroxylation sites is 1. The van der Waals surface area contributed by atoms with Crippen LogP contribution in [0.5, 0.6) is 5.75 Å². The van der Waals surface area contributed by atoms with Crippen molar-refractivity contribution in [1.29, 1.82) is 0 Å². The fraction of sp³-hybridized carbons (Fsp3) is 0.400. The standard InChI is InChI=1S/C30H39N5O6/c1-16(2)25(31)29(39)34-24(14-19-15-32-22-8-6-5-7-21(19)22)27(37)33-23(13-18-9-11-20(36)12-10-18)28(38)35-26(17(3)4)30(40)41/h5-12,15-17,23-26,32,36H,13-14,31H2,1-4H3,(H,33,37)(H,34,39)(H,35,38)(H,40,41). The molecule has 0 fully saturated rings. The molecule has 0 radical (unpaired) electrons. The summed E-state index contributed by atoms with van der Waals surface area (Å²) in [6.07, 6.45) is 1.89. The summed E-state index contributed by atoms with van der Waals surface area (Å²) in [5, 5.41) is 28.1. The summed E-state index contributed by atoms with van der Waals surface area (Å²) in [4.78, 5) is 54.9. The molecular weight excluding hydrogens is 526 g/mol. The number of benzene rings is 2. The first kappa shape index (κ1) is 31.2. The molecule has 220 valence electrons. The van der Waals surface area contributed by atoms with Gasteiger partial charge in [-0.05, 0) is 41.2 Å². The Morgan fingerprint density at radius 1 is 0.805 bits per heavy atom. The number of nitrogens with two attached hydrogens (primary N) is 1. The number of amides is 3. The normalized spacial score (nSPS) is 14.3. The van der Waals surface area contributed by atoms with Crippen molar-refractivity contribution in [2.24, 2.45) is 17.6 Å². The van der Waals surface area contributed by atoms with E-state index < -0.39 is 53.8 Å². The van der Waals surface area contributed by atoms with Crippen LogP contribution in [0, 0.1) is 11.8 Å². The van der Waals surface area contributed by atoms with Gasteiger partial charge >= 0.3 is 5.97 Å². The van der Waals surface area contributed by atoms with Crippen LogP contribution < -0.4 is 21.7 Å². The van der Waals surface area contributed by atoms with E-state index in [1.807, 2.05) is 24.3 Å². The molecule has 0 aliphatic carbocycles. The predicted octanol–water partition coefficient (Wildman–Crippen LogP) is 1.84. The number of nitrogens with one attached hydrogen (secondary N) is 4. The largest absolute Gasteiger partial charge is 0.508 e. The van der Waals surface area contributed by atoms with E-state index in [0.717, 1.165) is 16.5 Å². The SMILES string of the molecule is CC(C)C(N)C(=O)NC(Cc1c[nH]c2ccccc12)C(=O)NC(Cc1ccc(O)cc1)C(=O)NC(C(=O)O)C(C)C. The fourth-order valence-electron chi connectivity index (χ4n) is 4.42. The lowest BCUT2D eigenvalue weighted by Crippen LogP contribution is -2.59. The van der Waals surface area contributed by atoms with E-state index in [1.165, 1.54) is 12.1 Å². The van der Waals surface area contributed by atoms with Crippen LogP contribution in [0.1, 0.15) is 38.8 Å². The van der Waals surface area contributed by atoms with E-state index in [9.17, 15) is 29.4 Å². The number of hydrogen-bond acceptors (Lipinski definition) is 6. The number of phenols is 1. The minimum absolute atomic E-state index is 0.0154. The zero-order chi connectivity index (χ0) is 30.3. The molecule has 4 unspecified atom stereocenters. The van der Waals surface area contributed by atoms with E-state index >= 15 is 0 Å². The van der Waals surface area contributed by atoms with Crippen molar-refractivity contribution in [3.05, 3.63) is 65.9 Å². The zero-order valence-electron chi connectivity index (χ0n) is 23.7. The second-order valence-electron chi connectivity index (χ2n) is 10.9. The zero-order valence-corrected chi connectivity index (χ0v) is 23.7. The first-order chi connectivity index (χ1) is 19.4. The second kappa shape index (κ2) is 13.8. The van der Waals surface area contributed by atoms with E-state index in [2.05, 4.69) is 20.9 Å². The molecule has 3 amide bonds. The number of aromatic amines is 1. The fourth-order valence-corrected chi connectivity index (χ4v) is 4.42. The number of carboxylic acids is 1. The molecular formula is C30H39N5O6. The van der Waals surface area contributed by atoms with Crippen molar-refractivity contribution in [3.63, 3.8) is 0 Å². The van der Waals surface area contributed by atoms with Crippen molar-refractivity contribution >= 4 is 34.6 Å². The van der Waals surface area contributed by atoms with Gasteiger partial charge in [0.1, 0.15) is 23.9 Å². The van der Waals surface area contributed by atoms with Crippen molar-refractivity contribution in [2.45, 2.75) is 64.7 Å². The number of phenolic OH excluding ortho intramolecular Hbond substituents is 1. The summed E-state index contributed by atoms with van der Waals surface area (Å²) in [5.74, 6) is -3.58. The molecule has 8 N–H and O–H groups in total. The summed E-state index contributed by atoms with van der Waals surface area (Å²) < 4.78 is 0. The summed E-state index contributed by atoms with van der Waals surface area (Å²) in [6.45, 7) is 6.92. The molecule has 0 saturated carbocycles. The van der Waals surface area contributed by atoms with Gasteiger partial charge < -0.3 is 36.9 Å². The van der Waals surface area contributed by atoms with Gasteiger partial charge in [0, 0.05) is 29.9 Å². The monoisotopic (exact) mass is 565 g/mol. The molecule has 41 heavy (non-hydrogen) atoms. The summed E-state index contributed by atoms with van der Waals surface area (Å²) in [5.41, 5.74) is 8.33. The Balaban J connectivity index is 1.91. The number of carbonyl (C=O) groups excluding carboxylic acids is 3. The summed E-state index contributed by atoms with van der Waals surface area (Å²) in [6, 6.07) is 9.37. The van der Waals surface area contributed by atoms with Gasteiger partial charge in [-0.1, -0.05) is 58.0 Å². The average molecular weight is 566 g/mol. The van der Waals surface area contributed by atoms with E-state index in [0.29, 0.717) is 5.56 Å². The smallest absolute Gasteiger partial charge is 0.326 e. The van der Waals surface area contributed by atoms with Crippen LogP contribution in [0.2, 0.25) is 0 Å². The average Bonchev–Trinajstić information content (AvgIpc) is 3.33. The molecule has 1 heterocycles. The van der Waals surface area contributed by atoms with Crippen LogP contribution in [0.4, 0.5) is 0 Å². The van der Waals surface area contributed by atoms with E-state index in [4.69, 9.17) is 5.73 Å². The maximum absolute atomic E-state index is 13.7. The molecule has 0 saturated heterocycles. The number of fused-ring (bicyclic) bond motifs is 1. The number of hydrogen-bond donors (Lipinski definition) is 7. The first-order valence-electron chi connectivity index (χ1n) is 13.6. The first-order valence-corrected chi connectivity index (χ1v) is 13.6. The number of carbonyl (C=O) groups is 4. The number of rotatable bonds is 13. The van der Waals surface area contributed by atoms with Crippen molar-refractivity contribution in [2.75, 3.05) is 0 Å². The Hall–Kier alpha value is -4.38. The van der Waals surface area contributed by atoms with Gasteiger partial charge in [-0.2, -0.15) is 0 Å². The maximum Gasteiger partial charge on any atom is 0.326 e. The molecule has 0 aliphatic rings. The van der Waals surface area contributed by atoms with Gasteiger partial charge in [-0.15, -0.1) is 0 Å². The quantitative estimate of drug-likeness (QED) is 0.165. The molecule has 2 aromatic carbocycles. The minimum atomic E-state index is -1.20. The molecule has 0 spiro atoms. The van der Waals surface area contributed by atoms with Crippen LogP contribution in [0.15, 0.2) is 54.7 Å². The van der Waals surface area contributed by atoms with Gasteiger partial charge in [-0.3, -0.25) is 14.4 Å². The van der Waals surface area contributed by atoms with E-state index in [-0.39, 0.29) is 24.5 Å².